The molecule has 1 N–H and O–H groups in total. The lowest BCUT2D eigenvalue weighted by molar-refractivity contribution is 0.554. The quantitative estimate of drug-likeness (QED) is 0.745. The van der Waals surface area contributed by atoms with E-state index in [1.54, 1.807) is 6.20 Å². The number of anilines is 1. The van der Waals surface area contributed by atoms with E-state index in [2.05, 4.69) is 31.1 Å². The molecule has 1 heterocycles. The molecule has 0 amide bonds. The van der Waals surface area contributed by atoms with Crippen LogP contribution in [-0.2, 0) is 7.05 Å². The summed E-state index contributed by atoms with van der Waals surface area (Å²) in [4.78, 5) is 4.19. The van der Waals surface area contributed by atoms with E-state index >= 15 is 0 Å². The summed E-state index contributed by atoms with van der Waals surface area (Å²) in [5, 5.41) is 3.34. The van der Waals surface area contributed by atoms with Gasteiger partial charge in [0.15, 0.2) is 0 Å². The van der Waals surface area contributed by atoms with Crippen molar-refractivity contribution in [1.29, 1.82) is 0 Å². The Labute approximate surface area is 73.8 Å². The van der Waals surface area contributed by atoms with Crippen LogP contribution in [0.15, 0.2) is 12.4 Å². The second kappa shape index (κ2) is 3.61. The maximum Gasteiger partial charge on any atom is 0.202 e. The summed E-state index contributed by atoms with van der Waals surface area (Å²) in [6.07, 6.45) is 3.74. The largest absolute Gasteiger partial charge is 0.353 e. The molecule has 12 heavy (non-hydrogen) atoms. The van der Waals surface area contributed by atoms with E-state index in [4.69, 9.17) is 0 Å². The van der Waals surface area contributed by atoms with E-state index in [0.29, 0.717) is 12.0 Å². The Morgan fingerprint density at radius 1 is 1.42 bits per heavy atom. The molecule has 1 aromatic rings. The van der Waals surface area contributed by atoms with Crippen molar-refractivity contribution in [3.05, 3.63) is 12.4 Å². The number of aromatic nitrogens is 2. The van der Waals surface area contributed by atoms with Crippen LogP contribution < -0.4 is 5.32 Å². The number of nitrogens with zero attached hydrogens (tertiary/aromatic N) is 2. The molecular weight excluding hydrogens is 150 g/mol. The van der Waals surface area contributed by atoms with Gasteiger partial charge in [-0.05, 0) is 12.8 Å². The molecule has 0 bridgehead atoms. The predicted molar refractivity (Wildman–Crippen MR) is 51.1 cm³/mol. The van der Waals surface area contributed by atoms with Gasteiger partial charge in [-0.3, -0.25) is 0 Å². The third-order valence-electron chi connectivity index (χ3n) is 2.18. The molecular formula is C9H17N3. The topological polar surface area (TPSA) is 29.9 Å². The fraction of sp³-hybridized carbons (Fsp3) is 0.667. The third kappa shape index (κ3) is 2.00. The molecule has 0 radical (unpaired) electrons. The predicted octanol–water partition coefficient (Wildman–Crippen LogP) is 1.88. The van der Waals surface area contributed by atoms with Crippen LogP contribution in [0.3, 0.4) is 0 Å². The molecule has 1 unspecified atom stereocenters. The van der Waals surface area contributed by atoms with Gasteiger partial charge in [0.25, 0.3) is 0 Å². The summed E-state index contributed by atoms with van der Waals surface area (Å²) in [7, 11) is 1.99. The second-order valence-electron chi connectivity index (χ2n) is 3.54. The highest BCUT2D eigenvalue weighted by molar-refractivity contribution is 5.26. The molecule has 0 saturated heterocycles. The van der Waals surface area contributed by atoms with E-state index in [9.17, 15) is 0 Å². The zero-order chi connectivity index (χ0) is 9.14. The van der Waals surface area contributed by atoms with E-state index < -0.39 is 0 Å². The van der Waals surface area contributed by atoms with Crippen molar-refractivity contribution in [3.8, 4) is 0 Å². The maximum atomic E-state index is 4.19. The molecule has 68 valence electrons. The first-order valence-corrected chi connectivity index (χ1v) is 4.35. The molecule has 0 aliphatic carbocycles. The number of rotatable bonds is 3. The number of hydrogen-bond donors (Lipinski definition) is 1. The Morgan fingerprint density at radius 2 is 2.08 bits per heavy atom. The Bertz CT molecular complexity index is 240. The van der Waals surface area contributed by atoms with Crippen molar-refractivity contribution in [3.63, 3.8) is 0 Å². The minimum absolute atomic E-state index is 0.464. The monoisotopic (exact) mass is 167 g/mol. The van der Waals surface area contributed by atoms with Gasteiger partial charge in [0, 0.05) is 25.5 Å². The molecule has 0 aliphatic heterocycles. The minimum Gasteiger partial charge on any atom is -0.353 e. The van der Waals surface area contributed by atoms with Gasteiger partial charge in [-0.2, -0.15) is 0 Å². The molecule has 3 heteroatoms. The highest BCUT2D eigenvalue weighted by Crippen LogP contribution is 2.08. The van der Waals surface area contributed by atoms with Gasteiger partial charge < -0.3 is 9.88 Å². The van der Waals surface area contributed by atoms with E-state index in [-0.39, 0.29) is 0 Å². The normalized spacial score (nSPS) is 13.4. The first kappa shape index (κ1) is 9.10. The Balaban J connectivity index is 2.58. The SMILES string of the molecule is CC(C)C(C)Nc1nccn1C. The highest BCUT2D eigenvalue weighted by Gasteiger charge is 2.08. The second-order valence-corrected chi connectivity index (χ2v) is 3.54. The highest BCUT2D eigenvalue weighted by atomic mass is 15.2. The Hall–Kier alpha value is -0.990. The van der Waals surface area contributed by atoms with Crippen molar-refractivity contribution in [2.24, 2.45) is 13.0 Å². The molecule has 3 nitrogen and oxygen atoms in total. The summed E-state index contributed by atoms with van der Waals surface area (Å²) in [6.45, 7) is 6.56. The van der Waals surface area contributed by atoms with Crippen LogP contribution in [-0.4, -0.2) is 15.6 Å². The fourth-order valence-electron chi connectivity index (χ4n) is 0.875. The molecule has 1 atom stereocenters. The van der Waals surface area contributed by atoms with Gasteiger partial charge in [0.1, 0.15) is 0 Å². The van der Waals surface area contributed by atoms with Gasteiger partial charge in [0.05, 0.1) is 0 Å². The van der Waals surface area contributed by atoms with Crippen LogP contribution in [0.4, 0.5) is 5.95 Å². The van der Waals surface area contributed by atoms with Crippen molar-refractivity contribution in [2.75, 3.05) is 5.32 Å². The fourth-order valence-corrected chi connectivity index (χ4v) is 0.875. The Morgan fingerprint density at radius 3 is 2.50 bits per heavy atom. The summed E-state index contributed by atoms with van der Waals surface area (Å²) in [6, 6.07) is 0.464. The Kier molecular flexibility index (Phi) is 2.74. The van der Waals surface area contributed by atoms with Crippen LogP contribution in [0.2, 0.25) is 0 Å². The van der Waals surface area contributed by atoms with Crippen molar-refractivity contribution in [1.82, 2.24) is 9.55 Å². The van der Waals surface area contributed by atoms with Gasteiger partial charge in [-0.25, -0.2) is 4.98 Å². The average molecular weight is 167 g/mol. The minimum atomic E-state index is 0.464. The molecule has 0 spiro atoms. The van der Waals surface area contributed by atoms with Crippen LogP contribution >= 0.6 is 0 Å². The van der Waals surface area contributed by atoms with Crippen molar-refractivity contribution >= 4 is 5.95 Å². The lowest BCUT2D eigenvalue weighted by Gasteiger charge is -2.17. The van der Waals surface area contributed by atoms with Crippen molar-refractivity contribution < 1.29 is 0 Å². The number of hydrogen-bond acceptors (Lipinski definition) is 2. The van der Waals surface area contributed by atoms with Crippen LogP contribution in [0.5, 0.6) is 0 Å². The zero-order valence-electron chi connectivity index (χ0n) is 8.20. The lowest BCUT2D eigenvalue weighted by Crippen LogP contribution is -2.23. The van der Waals surface area contributed by atoms with Gasteiger partial charge in [-0.15, -0.1) is 0 Å². The molecule has 0 saturated carbocycles. The first-order valence-electron chi connectivity index (χ1n) is 4.35. The first-order chi connectivity index (χ1) is 5.61. The summed E-state index contributed by atoms with van der Waals surface area (Å²) >= 11 is 0. The number of nitrogens with one attached hydrogen (secondary N) is 1. The van der Waals surface area contributed by atoms with Crippen LogP contribution in [0.25, 0.3) is 0 Å². The smallest absolute Gasteiger partial charge is 0.202 e. The van der Waals surface area contributed by atoms with Gasteiger partial charge in [-0.1, -0.05) is 13.8 Å². The van der Waals surface area contributed by atoms with Crippen LogP contribution in [0, 0.1) is 5.92 Å². The van der Waals surface area contributed by atoms with E-state index in [0.717, 1.165) is 5.95 Å². The molecule has 0 aliphatic rings. The summed E-state index contributed by atoms with van der Waals surface area (Å²) in [5.74, 6) is 1.57. The average Bonchev–Trinajstić information content (AvgIpc) is 2.36. The van der Waals surface area contributed by atoms with Gasteiger partial charge >= 0.3 is 0 Å². The van der Waals surface area contributed by atoms with Crippen LogP contribution in [0.1, 0.15) is 20.8 Å². The lowest BCUT2D eigenvalue weighted by atomic mass is 10.1. The molecule has 1 aromatic heterocycles. The molecule has 0 aromatic carbocycles. The summed E-state index contributed by atoms with van der Waals surface area (Å²) < 4.78 is 1.98. The maximum absolute atomic E-state index is 4.19. The van der Waals surface area contributed by atoms with Crippen molar-refractivity contribution in [2.45, 2.75) is 26.8 Å². The number of imidazole rings is 1. The zero-order valence-corrected chi connectivity index (χ0v) is 8.20. The summed E-state index contributed by atoms with van der Waals surface area (Å²) in [5.41, 5.74) is 0. The van der Waals surface area contributed by atoms with E-state index in [1.807, 2.05) is 17.8 Å². The third-order valence-corrected chi connectivity index (χ3v) is 2.18. The molecule has 1 rings (SSSR count). The van der Waals surface area contributed by atoms with Gasteiger partial charge in [0.2, 0.25) is 5.95 Å². The standard InChI is InChI=1S/C9H17N3/c1-7(2)8(3)11-9-10-5-6-12(9)4/h5-8H,1-4H3,(H,10,11). The van der Waals surface area contributed by atoms with E-state index in [1.165, 1.54) is 0 Å². The molecule has 0 fully saturated rings. The number of aryl methyl sites for hydroxylation is 1.